The molecule has 38 heavy (non-hydrogen) atoms. The minimum atomic E-state index is 0.675. The summed E-state index contributed by atoms with van der Waals surface area (Å²) in [4.78, 5) is 0. The fourth-order valence-electron chi connectivity index (χ4n) is 6.08. The first-order chi connectivity index (χ1) is 18.8. The summed E-state index contributed by atoms with van der Waals surface area (Å²) in [7, 11) is 0. The Balaban J connectivity index is 1.39. The number of para-hydroxylation sites is 1. The van der Waals surface area contributed by atoms with Gasteiger partial charge in [-0.05, 0) is 71.1 Å². The van der Waals surface area contributed by atoms with Crippen molar-refractivity contribution in [3.63, 3.8) is 0 Å². The molecule has 0 atom stereocenters. The molecule has 3 nitrogen and oxygen atoms in total. The van der Waals surface area contributed by atoms with Crippen LogP contribution in [0, 0.1) is 11.3 Å². The van der Waals surface area contributed by atoms with E-state index in [0.29, 0.717) is 5.56 Å². The molecule has 2 heterocycles. The van der Waals surface area contributed by atoms with Crippen molar-refractivity contribution >= 4 is 43.5 Å². The van der Waals surface area contributed by atoms with Gasteiger partial charge in [0.2, 0.25) is 0 Å². The van der Waals surface area contributed by atoms with Gasteiger partial charge in [0.15, 0.2) is 0 Å². The van der Waals surface area contributed by atoms with Crippen molar-refractivity contribution in [1.29, 1.82) is 5.26 Å². The maximum absolute atomic E-state index is 9.12. The predicted molar refractivity (Wildman–Crippen MR) is 156 cm³/mol. The summed E-state index contributed by atoms with van der Waals surface area (Å²) < 4.78 is 4.70. The summed E-state index contributed by atoms with van der Waals surface area (Å²) in [6.07, 6.45) is 2.19. The molecule has 0 amide bonds. The van der Waals surface area contributed by atoms with Crippen molar-refractivity contribution < 1.29 is 0 Å². The highest BCUT2D eigenvalue weighted by Gasteiger charge is 2.21. The molecule has 8 aromatic rings. The van der Waals surface area contributed by atoms with Crippen LogP contribution >= 0.6 is 0 Å². The molecule has 176 valence electrons. The fraction of sp³-hybridized carbons (Fsp3) is 0. The number of rotatable bonds is 3. The molecule has 0 aliphatic heterocycles. The van der Waals surface area contributed by atoms with Gasteiger partial charge in [0.25, 0.3) is 0 Å². The average Bonchev–Trinajstić information content (AvgIpc) is 3.58. The molecular formula is C35H21N3. The Hall–Kier alpha value is -5.33. The summed E-state index contributed by atoms with van der Waals surface area (Å²) >= 11 is 0. The Bertz CT molecular complexity index is 2150. The first kappa shape index (κ1) is 20.8. The molecule has 0 aliphatic rings. The first-order valence-electron chi connectivity index (χ1n) is 12.8. The number of hydrogen-bond acceptors (Lipinski definition) is 1. The van der Waals surface area contributed by atoms with Crippen LogP contribution in [0.2, 0.25) is 0 Å². The predicted octanol–water partition coefficient (Wildman–Crippen LogP) is 8.86. The maximum Gasteiger partial charge on any atom is 0.0991 e. The van der Waals surface area contributed by atoms with E-state index in [4.69, 9.17) is 5.26 Å². The van der Waals surface area contributed by atoms with Crippen LogP contribution in [0.4, 0.5) is 0 Å². The fourth-order valence-corrected chi connectivity index (χ4v) is 6.08. The van der Waals surface area contributed by atoms with Gasteiger partial charge < -0.3 is 9.13 Å². The molecule has 0 saturated heterocycles. The second kappa shape index (κ2) is 7.83. The van der Waals surface area contributed by atoms with Crippen molar-refractivity contribution in [3.05, 3.63) is 133 Å². The zero-order valence-corrected chi connectivity index (χ0v) is 20.5. The van der Waals surface area contributed by atoms with Gasteiger partial charge in [0, 0.05) is 39.1 Å². The van der Waals surface area contributed by atoms with Crippen molar-refractivity contribution in [3.8, 4) is 28.6 Å². The average molecular weight is 484 g/mol. The summed E-state index contributed by atoms with van der Waals surface area (Å²) in [6, 6.07) is 44.8. The standard InChI is InChI=1S/C35H21N3/c36-22-23-12-14-24(15-13-23)25-16-18-27(19-17-25)38-31-10-4-8-28-29-20-21-37(26-6-2-1-3-7-26)35(29)30-9-5-11-32(38)34(30)33(28)31/h1-21H. The molecule has 2 aromatic heterocycles. The lowest BCUT2D eigenvalue weighted by atomic mass is 9.98. The van der Waals surface area contributed by atoms with Gasteiger partial charge in [-0.15, -0.1) is 0 Å². The molecule has 0 unspecified atom stereocenters. The number of nitriles is 1. The number of hydrogen-bond donors (Lipinski definition) is 0. The lowest BCUT2D eigenvalue weighted by Crippen LogP contribution is -1.93. The Kier molecular flexibility index (Phi) is 4.29. The second-order valence-electron chi connectivity index (χ2n) is 9.75. The Morgan fingerprint density at radius 3 is 1.82 bits per heavy atom. The van der Waals surface area contributed by atoms with E-state index in [2.05, 4.69) is 118 Å². The Morgan fingerprint density at radius 2 is 1.13 bits per heavy atom. The summed E-state index contributed by atoms with van der Waals surface area (Å²) in [5.74, 6) is 0. The maximum atomic E-state index is 9.12. The van der Waals surface area contributed by atoms with Gasteiger partial charge in [-0.1, -0.05) is 66.7 Å². The van der Waals surface area contributed by atoms with Gasteiger partial charge in [-0.2, -0.15) is 5.26 Å². The number of aromatic nitrogens is 2. The van der Waals surface area contributed by atoms with E-state index >= 15 is 0 Å². The van der Waals surface area contributed by atoms with Crippen LogP contribution in [0.1, 0.15) is 5.56 Å². The molecule has 3 heteroatoms. The quantitative estimate of drug-likeness (QED) is 0.231. The van der Waals surface area contributed by atoms with E-state index in [-0.39, 0.29) is 0 Å². The Morgan fingerprint density at radius 1 is 0.500 bits per heavy atom. The van der Waals surface area contributed by atoms with Crippen LogP contribution < -0.4 is 0 Å². The molecule has 0 spiro atoms. The van der Waals surface area contributed by atoms with Crippen molar-refractivity contribution in [2.45, 2.75) is 0 Å². The Labute approximate surface area is 219 Å². The van der Waals surface area contributed by atoms with Crippen LogP contribution in [-0.4, -0.2) is 9.13 Å². The molecule has 6 aromatic carbocycles. The third-order valence-electron chi connectivity index (χ3n) is 7.76. The second-order valence-corrected chi connectivity index (χ2v) is 9.75. The molecule has 0 bridgehead atoms. The van der Waals surface area contributed by atoms with Gasteiger partial charge in [-0.3, -0.25) is 0 Å². The normalized spacial score (nSPS) is 11.7. The zero-order chi connectivity index (χ0) is 25.2. The molecule has 8 rings (SSSR count). The number of fused-ring (bicyclic) bond motifs is 3. The molecule has 0 aliphatic carbocycles. The molecule has 0 radical (unpaired) electrons. The van der Waals surface area contributed by atoms with Crippen LogP contribution in [0.15, 0.2) is 128 Å². The number of benzene rings is 6. The summed E-state index contributed by atoms with van der Waals surface area (Å²) in [5, 5.41) is 15.6. The van der Waals surface area contributed by atoms with E-state index in [1.54, 1.807) is 0 Å². The zero-order valence-electron chi connectivity index (χ0n) is 20.5. The van der Waals surface area contributed by atoms with Crippen LogP contribution in [0.25, 0.3) is 66.0 Å². The van der Waals surface area contributed by atoms with Crippen LogP contribution in [0.3, 0.4) is 0 Å². The van der Waals surface area contributed by atoms with Crippen LogP contribution in [0.5, 0.6) is 0 Å². The lowest BCUT2D eigenvalue weighted by Gasteiger charge is -2.10. The van der Waals surface area contributed by atoms with Gasteiger partial charge in [-0.25, -0.2) is 0 Å². The third kappa shape index (κ3) is 2.83. The van der Waals surface area contributed by atoms with Crippen molar-refractivity contribution in [2.75, 3.05) is 0 Å². The van der Waals surface area contributed by atoms with Crippen LogP contribution in [-0.2, 0) is 0 Å². The van der Waals surface area contributed by atoms with Gasteiger partial charge in [0.1, 0.15) is 0 Å². The van der Waals surface area contributed by atoms with E-state index in [1.165, 1.54) is 49.2 Å². The molecule has 0 saturated carbocycles. The lowest BCUT2D eigenvalue weighted by molar-refractivity contribution is 1.13. The summed E-state index contributed by atoms with van der Waals surface area (Å²) in [5.41, 5.74) is 8.89. The highest BCUT2D eigenvalue weighted by atomic mass is 15.0. The number of nitrogens with zero attached hydrogens (tertiary/aromatic N) is 3. The third-order valence-corrected chi connectivity index (χ3v) is 7.76. The van der Waals surface area contributed by atoms with Crippen molar-refractivity contribution in [1.82, 2.24) is 9.13 Å². The monoisotopic (exact) mass is 483 g/mol. The van der Waals surface area contributed by atoms with Crippen molar-refractivity contribution in [2.24, 2.45) is 0 Å². The molecule has 0 N–H and O–H groups in total. The molecule has 0 fully saturated rings. The topological polar surface area (TPSA) is 33.6 Å². The van der Waals surface area contributed by atoms with E-state index in [9.17, 15) is 0 Å². The highest BCUT2D eigenvalue weighted by Crippen LogP contribution is 2.44. The SMILES string of the molecule is N#Cc1ccc(-c2ccc(-n3c4cccc5c6ccn(-c7ccccc7)c6c6cccc3c6c54)cc2)cc1. The highest BCUT2D eigenvalue weighted by molar-refractivity contribution is 6.34. The first-order valence-corrected chi connectivity index (χ1v) is 12.8. The minimum Gasteiger partial charge on any atom is -0.316 e. The van der Waals surface area contributed by atoms with E-state index in [0.717, 1.165) is 16.8 Å². The summed E-state index contributed by atoms with van der Waals surface area (Å²) in [6.45, 7) is 0. The smallest absolute Gasteiger partial charge is 0.0991 e. The van der Waals surface area contributed by atoms with Gasteiger partial charge in [0.05, 0.1) is 28.2 Å². The van der Waals surface area contributed by atoms with E-state index in [1.807, 2.05) is 24.3 Å². The largest absolute Gasteiger partial charge is 0.316 e. The molecular weight excluding hydrogens is 462 g/mol. The van der Waals surface area contributed by atoms with Gasteiger partial charge >= 0.3 is 0 Å². The minimum absolute atomic E-state index is 0.675. The van der Waals surface area contributed by atoms with E-state index < -0.39 is 0 Å².